The van der Waals surface area contributed by atoms with Gasteiger partial charge in [-0.05, 0) is 32.4 Å². The maximum atomic E-state index is 12.6. The van der Waals surface area contributed by atoms with Crippen molar-refractivity contribution in [3.05, 3.63) is 40.9 Å². The summed E-state index contributed by atoms with van der Waals surface area (Å²) < 4.78 is 0. The van der Waals surface area contributed by atoms with Gasteiger partial charge in [0, 0.05) is 41.2 Å². The van der Waals surface area contributed by atoms with Crippen LogP contribution < -0.4 is 0 Å². The van der Waals surface area contributed by atoms with E-state index < -0.39 is 0 Å². The van der Waals surface area contributed by atoms with Crippen molar-refractivity contribution < 1.29 is 9.90 Å². The van der Waals surface area contributed by atoms with Crippen molar-refractivity contribution in [1.82, 2.24) is 9.88 Å². The third-order valence-corrected chi connectivity index (χ3v) is 5.18. The lowest BCUT2D eigenvalue weighted by Crippen LogP contribution is -2.30. The number of hydrogen-bond acceptors (Lipinski definition) is 4. The molecule has 0 bridgehead atoms. The molecular weight excluding hydrogens is 296 g/mol. The van der Waals surface area contributed by atoms with Gasteiger partial charge < -0.3 is 10.0 Å². The fraction of sp³-hybridized carbons (Fsp3) is 0.412. The number of hydrogen-bond donors (Lipinski definition) is 1. The molecule has 116 valence electrons. The molecule has 0 spiro atoms. The zero-order valence-electron chi connectivity index (χ0n) is 12.8. The van der Waals surface area contributed by atoms with Crippen LogP contribution in [0.5, 0.6) is 0 Å². The lowest BCUT2D eigenvalue weighted by atomic mass is 10.0. The van der Waals surface area contributed by atoms with Gasteiger partial charge in [-0.2, -0.15) is 0 Å². The van der Waals surface area contributed by atoms with Crippen LogP contribution in [0.25, 0.3) is 10.6 Å². The molecule has 1 aromatic heterocycles. The predicted molar refractivity (Wildman–Crippen MR) is 88.0 cm³/mol. The number of carbonyl (C=O) groups is 1. The monoisotopic (exact) mass is 316 g/mol. The first-order valence-electron chi connectivity index (χ1n) is 7.54. The summed E-state index contributed by atoms with van der Waals surface area (Å²) in [5, 5.41) is 12.6. The first kappa shape index (κ1) is 15.2. The van der Waals surface area contributed by atoms with Crippen LogP contribution >= 0.6 is 11.3 Å². The normalized spacial score (nSPS) is 19.4. The van der Waals surface area contributed by atoms with E-state index in [2.05, 4.69) is 4.98 Å². The Morgan fingerprint density at radius 1 is 1.50 bits per heavy atom. The number of likely N-dealkylation sites (tertiary alicyclic amines) is 1. The van der Waals surface area contributed by atoms with Crippen LogP contribution in [0, 0.1) is 12.8 Å². The molecule has 1 aliphatic heterocycles. The highest BCUT2D eigenvalue weighted by atomic mass is 32.1. The number of aromatic nitrogens is 1. The van der Waals surface area contributed by atoms with Crippen molar-refractivity contribution in [3.8, 4) is 10.6 Å². The van der Waals surface area contributed by atoms with Crippen LogP contribution in [0.3, 0.4) is 0 Å². The number of aliphatic hydroxyl groups excluding tert-OH is 1. The van der Waals surface area contributed by atoms with Crippen LogP contribution in [-0.2, 0) is 0 Å². The fourth-order valence-corrected chi connectivity index (χ4v) is 3.61. The summed E-state index contributed by atoms with van der Waals surface area (Å²) in [7, 11) is 0. The quantitative estimate of drug-likeness (QED) is 0.947. The third-order valence-electron chi connectivity index (χ3n) is 4.17. The summed E-state index contributed by atoms with van der Waals surface area (Å²) in [5.74, 6) is 0.229. The molecule has 2 unspecified atom stereocenters. The van der Waals surface area contributed by atoms with Crippen molar-refractivity contribution in [1.29, 1.82) is 0 Å². The van der Waals surface area contributed by atoms with Gasteiger partial charge in [-0.25, -0.2) is 4.98 Å². The summed E-state index contributed by atoms with van der Waals surface area (Å²) in [6, 6.07) is 7.65. The minimum Gasteiger partial charge on any atom is -0.393 e. The van der Waals surface area contributed by atoms with E-state index in [1.807, 2.05) is 41.5 Å². The van der Waals surface area contributed by atoms with Gasteiger partial charge in [-0.1, -0.05) is 12.1 Å². The van der Waals surface area contributed by atoms with Gasteiger partial charge in [0.1, 0.15) is 5.01 Å². The Hall–Kier alpha value is -1.72. The molecule has 1 N–H and O–H groups in total. The Labute approximate surface area is 134 Å². The van der Waals surface area contributed by atoms with Gasteiger partial charge in [0.25, 0.3) is 5.91 Å². The molecule has 4 nitrogen and oxygen atoms in total. The molecule has 22 heavy (non-hydrogen) atoms. The third kappa shape index (κ3) is 3.05. The first-order valence-corrected chi connectivity index (χ1v) is 8.42. The molecule has 2 atom stereocenters. The number of aliphatic hydroxyl groups is 1. The number of aryl methyl sites for hydroxylation is 1. The van der Waals surface area contributed by atoms with E-state index in [-0.39, 0.29) is 17.9 Å². The van der Waals surface area contributed by atoms with Gasteiger partial charge in [-0.3, -0.25) is 4.79 Å². The maximum absolute atomic E-state index is 12.6. The van der Waals surface area contributed by atoms with Crippen LogP contribution in [0.2, 0.25) is 0 Å². The second-order valence-electron chi connectivity index (χ2n) is 5.92. The average Bonchev–Trinajstić information content (AvgIpc) is 3.15. The van der Waals surface area contributed by atoms with Crippen molar-refractivity contribution >= 4 is 17.2 Å². The minimum absolute atomic E-state index is 0.0401. The molecule has 3 rings (SSSR count). The lowest BCUT2D eigenvalue weighted by Gasteiger charge is -2.18. The topological polar surface area (TPSA) is 53.4 Å². The number of benzene rings is 1. The zero-order chi connectivity index (χ0) is 15.7. The zero-order valence-corrected chi connectivity index (χ0v) is 13.6. The van der Waals surface area contributed by atoms with Gasteiger partial charge >= 0.3 is 0 Å². The second kappa shape index (κ2) is 6.18. The number of thiazole rings is 1. The molecule has 2 heterocycles. The first-order chi connectivity index (χ1) is 10.5. The van der Waals surface area contributed by atoms with Gasteiger partial charge in [-0.15, -0.1) is 11.3 Å². The predicted octanol–water partition coefficient (Wildman–Crippen LogP) is 2.96. The van der Waals surface area contributed by atoms with Crippen molar-refractivity contribution in [2.45, 2.75) is 26.4 Å². The molecule has 1 aliphatic rings. The summed E-state index contributed by atoms with van der Waals surface area (Å²) in [6.45, 7) is 5.12. The highest BCUT2D eigenvalue weighted by Gasteiger charge is 2.29. The molecular formula is C17H20N2O2S. The average molecular weight is 316 g/mol. The Morgan fingerprint density at radius 2 is 2.32 bits per heavy atom. The van der Waals surface area contributed by atoms with E-state index >= 15 is 0 Å². The molecule has 1 amide bonds. The van der Waals surface area contributed by atoms with Crippen LogP contribution in [-0.4, -0.2) is 40.1 Å². The number of rotatable bonds is 3. The molecule has 0 saturated carbocycles. The standard InChI is InChI=1S/C17H20N2O2S/c1-11-10-22-16(18-11)13-4-3-5-14(8-13)17(21)19-7-6-15(9-19)12(2)20/h3-5,8,10,12,15,20H,6-7,9H2,1-2H3. The van der Waals surface area contributed by atoms with Gasteiger partial charge in [0.15, 0.2) is 0 Å². The second-order valence-corrected chi connectivity index (χ2v) is 6.77. The highest BCUT2D eigenvalue weighted by molar-refractivity contribution is 7.13. The van der Waals surface area contributed by atoms with E-state index in [0.717, 1.165) is 29.2 Å². The molecule has 0 radical (unpaired) electrons. The fourth-order valence-electron chi connectivity index (χ4n) is 2.82. The molecule has 1 saturated heterocycles. The summed E-state index contributed by atoms with van der Waals surface area (Å²) in [5.41, 5.74) is 2.67. The van der Waals surface area contributed by atoms with Gasteiger partial charge in [0.05, 0.1) is 6.10 Å². The van der Waals surface area contributed by atoms with Gasteiger partial charge in [0.2, 0.25) is 0 Å². The smallest absolute Gasteiger partial charge is 0.253 e. The van der Waals surface area contributed by atoms with Crippen molar-refractivity contribution in [2.75, 3.05) is 13.1 Å². The number of amides is 1. The van der Waals surface area contributed by atoms with E-state index in [1.165, 1.54) is 0 Å². The lowest BCUT2D eigenvalue weighted by molar-refractivity contribution is 0.0762. The molecule has 0 aliphatic carbocycles. The molecule has 1 fully saturated rings. The summed E-state index contributed by atoms with van der Waals surface area (Å²) in [4.78, 5) is 18.9. The van der Waals surface area contributed by atoms with Crippen LogP contribution in [0.15, 0.2) is 29.6 Å². The SMILES string of the molecule is Cc1csc(-c2cccc(C(=O)N3CCC(C(C)O)C3)c2)n1. The highest BCUT2D eigenvalue weighted by Crippen LogP contribution is 2.26. The van der Waals surface area contributed by atoms with Crippen molar-refractivity contribution in [3.63, 3.8) is 0 Å². The Kier molecular flexibility index (Phi) is 4.27. The Morgan fingerprint density at radius 3 is 2.95 bits per heavy atom. The van der Waals surface area contributed by atoms with E-state index in [9.17, 15) is 9.90 Å². The molecule has 5 heteroatoms. The summed E-state index contributed by atoms with van der Waals surface area (Å²) >= 11 is 1.59. The van der Waals surface area contributed by atoms with E-state index in [0.29, 0.717) is 12.1 Å². The Balaban J connectivity index is 1.79. The van der Waals surface area contributed by atoms with E-state index in [4.69, 9.17) is 0 Å². The maximum Gasteiger partial charge on any atom is 0.253 e. The Bertz CT molecular complexity index is 681. The minimum atomic E-state index is -0.359. The number of nitrogens with zero attached hydrogens (tertiary/aromatic N) is 2. The van der Waals surface area contributed by atoms with E-state index in [1.54, 1.807) is 18.3 Å². The summed E-state index contributed by atoms with van der Waals surface area (Å²) in [6.07, 6.45) is 0.511. The van der Waals surface area contributed by atoms with Crippen LogP contribution in [0.4, 0.5) is 0 Å². The van der Waals surface area contributed by atoms with Crippen LogP contribution in [0.1, 0.15) is 29.4 Å². The largest absolute Gasteiger partial charge is 0.393 e. The van der Waals surface area contributed by atoms with Crippen molar-refractivity contribution in [2.24, 2.45) is 5.92 Å². The molecule has 2 aromatic rings. The number of carbonyl (C=O) groups excluding carboxylic acids is 1. The molecule has 1 aromatic carbocycles.